The molecule has 0 saturated carbocycles. The number of hydrogen-bond acceptors (Lipinski definition) is 4. The van der Waals surface area contributed by atoms with Crippen molar-refractivity contribution >= 4 is 34.6 Å². The lowest BCUT2D eigenvalue weighted by Gasteiger charge is -2.15. The Bertz CT molecular complexity index is 472. The van der Waals surface area contributed by atoms with E-state index in [0.29, 0.717) is 33.9 Å². The number of nitrogens with one attached hydrogen (secondary N) is 2. The van der Waals surface area contributed by atoms with Crippen LogP contribution in [0.15, 0.2) is 12.1 Å². The summed E-state index contributed by atoms with van der Waals surface area (Å²) in [6, 6.07) is 3.43. The fourth-order valence-corrected chi connectivity index (χ4v) is 2.10. The normalized spacial score (nSPS) is 10.1. The maximum Gasteiger partial charge on any atom is 0.170 e. The number of hydrogen-bond donors (Lipinski definition) is 2. The first-order valence-corrected chi connectivity index (χ1v) is 7.45. The second-order valence-electron chi connectivity index (χ2n) is 4.12. The van der Waals surface area contributed by atoms with E-state index < -0.39 is 0 Å². The first-order chi connectivity index (χ1) is 10.1. The molecule has 0 aliphatic rings. The second-order valence-corrected chi connectivity index (χ2v) is 4.93. The highest BCUT2D eigenvalue weighted by Crippen LogP contribution is 2.35. The minimum atomic E-state index is 0.486. The Labute approximate surface area is 135 Å². The number of benzene rings is 1. The van der Waals surface area contributed by atoms with Crippen LogP contribution in [0.5, 0.6) is 11.5 Å². The van der Waals surface area contributed by atoms with Gasteiger partial charge >= 0.3 is 0 Å². The molecular weight excluding hydrogens is 312 g/mol. The van der Waals surface area contributed by atoms with Crippen LogP contribution in [0.4, 0.5) is 5.69 Å². The first kappa shape index (κ1) is 17.8. The summed E-state index contributed by atoms with van der Waals surface area (Å²) < 4.78 is 15.7. The van der Waals surface area contributed by atoms with Gasteiger partial charge < -0.3 is 24.8 Å². The molecule has 118 valence electrons. The van der Waals surface area contributed by atoms with Gasteiger partial charge in [0.05, 0.1) is 24.9 Å². The Morgan fingerprint density at radius 2 is 1.95 bits per heavy atom. The van der Waals surface area contributed by atoms with Crippen molar-refractivity contribution in [3.8, 4) is 11.5 Å². The molecule has 0 saturated heterocycles. The zero-order valence-corrected chi connectivity index (χ0v) is 14.1. The molecule has 0 aromatic heterocycles. The molecule has 5 nitrogen and oxygen atoms in total. The molecular formula is C14H21ClN2O3S. The minimum absolute atomic E-state index is 0.486. The SMILES string of the molecule is CCOCCCNC(=S)Nc1cc(Cl)c(OC)cc1OC. The van der Waals surface area contributed by atoms with Crippen LogP contribution in [0.25, 0.3) is 0 Å². The number of anilines is 1. The summed E-state index contributed by atoms with van der Waals surface area (Å²) in [4.78, 5) is 0. The molecule has 1 aromatic carbocycles. The molecule has 0 fully saturated rings. The van der Waals surface area contributed by atoms with Crippen LogP contribution in [-0.4, -0.2) is 39.1 Å². The number of thiocarbonyl (C=S) groups is 1. The van der Waals surface area contributed by atoms with Gasteiger partial charge in [0, 0.05) is 25.8 Å². The highest BCUT2D eigenvalue weighted by Gasteiger charge is 2.10. The van der Waals surface area contributed by atoms with E-state index in [1.165, 1.54) is 0 Å². The van der Waals surface area contributed by atoms with E-state index in [0.717, 1.165) is 19.6 Å². The monoisotopic (exact) mass is 332 g/mol. The summed E-state index contributed by atoms with van der Waals surface area (Å²) in [5.41, 5.74) is 0.686. The highest BCUT2D eigenvalue weighted by molar-refractivity contribution is 7.80. The van der Waals surface area contributed by atoms with Gasteiger partial charge in [0.15, 0.2) is 5.11 Å². The predicted molar refractivity (Wildman–Crippen MR) is 89.9 cm³/mol. The van der Waals surface area contributed by atoms with Gasteiger partial charge in [-0.2, -0.15) is 0 Å². The van der Waals surface area contributed by atoms with Gasteiger partial charge in [-0.15, -0.1) is 0 Å². The standard InChI is InChI=1S/C14H21ClN2O3S/c1-4-20-7-5-6-16-14(21)17-11-8-10(15)12(18-2)9-13(11)19-3/h8-9H,4-7H2,1-3H3,(H2,16,17,21). The van der Waals surface area contributed by atoms with Crippen LogP contribution in [0.3, 0.4) is 0 Å². The van der Waals surface area contributed by atoms with Gasteiger partial charge in [-0.25, -0.2) is 0 Å². The van der Waals surface area contributed by atoms with Gasteiger partial charge in [0.2, 0.25) is 0 Å². The molecule has 0 aliphatic carbocycles. The van der Waals surface area contributed by atoms with Gasteiger partial charge in [-0.05, 0) is 31.6 Å². The third-order valence-corrected chi connectivity index (χ3v) is 3.22. The van der Waals surface area contributed by atoms with Crippen LogP contribution in [0, 0.1) is 0 Å². The number of ether oxygens (including phenoxy) is 3. The molecule has 0 spiro atoms. The molecule has 7 heteroatoms. The van der Waals surface area contributed by atoms with Crippen molar-refractivity contribution in [2.24, 2.45) is 0 Å². The summed E-state index contributed by atoms with van der Waals surface area (Å²) >= 11 is 11.3. The smallest absolute Gasteiger partial charge is 0.170 e. The molecule has 0 heterocycles. The van der Waals surface area contributed by atoms with Crippen LogP contribution in [0.2, 0.25) is 5.02 Å². The largest absolute Gasteiger partial charge is 0.495 e. The Kier molecular flexibility index (Phi) is 8.19. The maximum atomic E-state index is 6.10. The van der Waals surface area contributed by atoms with Gasteiger partial charge in [0.25, 0.3) is 0 Å². The Hall–Kier alpha value is -1.24. The van der Waals surface area contributed by atoms with Crippen LogP contribution in [-0.2, 0) is 4.74 Å². The third kappa shape index (κ3) is 5.95. The number of rotatable bonds is 8. The predicted octanol–water partition coefficient (Wildman–Crippen LogP) is 3.07. The summed E-state index contributed by atoms with van der Waals surface area (Å²) in [7, 11) is 3.13. The average molecular weight is 333 g/mol. The first-order valence-electron chi connectivity index (χ1n) is 6.66. The Morgan fingerprint density at radius 3 is 2.57 bits per heavy atom. The molecule has 2 N–H and O–H groups in total. The topological polar surface area (TPSA) is 51.8 Å². The second kappa shape index (κ2) is 9.65. The van der Waals surface area contributed by atoms with Crippen molar-refractivity contribution in [2.45, 2.75) is 13.3 Å². The van der Waals surface area contributed by atoms with Crippen molar-refractivity contribution in [1.82, 2.24) is 5.32 Å². The van der Waals surface area contributed by atoms with Gasteiger partial charge in [-0.3, -0.25) is 0 Å². The fraction of sp³-hybridized carbons (Fsp3) is 0.500. The van der Waals surface area contributed by atoms with E-state index in [1.54, 1.807) is 26.4 Å². The van der Waals surface area contributed by atoms with E-state index in [4.69, 9.17) is 38.0 Å². The Morgan fingerprint density at radius 1 is 1.24 bits per heavy atom. The van der Waals surface area contributed by atoms with Crippen LogP contribution in [0.1, 0.15) is 13.3 Å². The number of halogens is 1. The van der Waals surface area contributed by atoms with Crippen molar-refractivity contribution in [3.05, 3.63) is 17.2 Å². The lowest BCUT2D eigenvalue weighted by molar-refractivity contribution is 0.146. The van der Waals surface area contributed by atoms with Crippen molar-refractivity contribution in [1.29, 1.82) is 0 Å². The molecule has 0 radical (unpaired) electrons. The fourth-order valence-electron chi connectivity index (χ4n) is 1.64. The average Bonchev–Trinajstić information content (AvgIpc) is 2.47. The van der Waals surface area contributed by atoms with Crippen molar-refractivity contribution in [2.75, 3.05) is 39.3 Å². The zero-order valence-electron chi connectivity index (χ0n) is 12.5. The quantitative estimate of drug-likeness (QED) is 0.563. The molecule has 0 unspecified atom stereocenters. The maximum absolute atomic E-state index is 6.10. The molecule has 0 amide bonds. The van der Waals surface area contributed by atoms with E-state index in [9.17, 15) is 0 Å². The molecule has 0 bridgehead atoms. The molecule has 1 rings (SSSR count). The van der Waals surface area contributed by atoms with Crippen LogP contribution < -0.4 is 20.1 Å². The summed E-state index contributed by atoms with van der Waals surface area (Å²) in [5.74, 6) is 1.16. The van der Waals surface area contributed by atoms with E-state index in [2.05, 4.69) is 10.6 Å². The molecule has 0 aliphatic heterocycles. The summed E-state index contributed by atoms with van der Waals surface area (Å²) in [5, 5.41) is 7.15. The van der Waals surface area contributed by atoms with E-state index >= 15 is 0 Å². The molecule has 1 aromatic rings. The highest BCUT2D eigenvalue weighted by atomic mass is 35.5. The Balaban J connectivity index is 2.57. The summed E-state index contributed by atoms with van der Waals surface area (Å²) in [6.07, 6.45) is 0.885. The zero-order chi connectivity index (χ0) is 15.7. The summed E-state index contributed by atoms with van der Waals surface area (Å²) in [6.45, 7) is 4.14. The van der Waals surface area contributed by atoms with Crippen molar-refractivity contribution < 1.29 is 14.2 Å². The van der Waals surface area contributed by atoms with E-state index in [-0.39, 0.29) is 0 Å². The van der Waals surface area contributed by atoms with Crippen molar-refractivity contribution in [3.63, 3.8) is 0 Å². The van der Waals surface area contributed by atoms with E-state index in [1.807, 2.05) is 6.92 Å². The lowest BCUT2D eigenvalue weighted by Crippen LogP contribution is -2.30. The number of methoxy groups -OCH3 is 2. The lowest BCUT2D eigenvalue weighted by atomic mass is 10.2. The molecule has 0 atom stereocenters. The minimum Gasteiger partial charge on any atom is -0.495 e. The van der Waals surface area contributed by atoms with Gasteiger partial charge in [-0.1, -0.05) is 11.6 Å². The van der Waals surface area contributed by atoms with Crippen LogP contribution >= 0.6 is 23.8 Å². The van der Waals surface area contributed by atoms with Gasteiger partial charge in [0.1, 0.15) is 11.5 Å². The third-order valence-electron chi connectivity index (χ3n) is 2.68. The molecule has 21 heavy (non-hydrogen) atoms.